The molecule has 1 unspecified atom stereocenters. The summed E-state index contributed by atoms with van der Waals surface area (Å²) >= 11 is 0. The Morgan fingerprint density at radius 1 is 1.23 bits per heavy atom. The highest BCUT2D eigenvalue weighted by molar-refractivity contribution is 5.77. The number of aliphatic carboxylic acids is 1. The fourth-order valence-electron chi connectivity index (χ4n) is 4.27. The van der Waals surface area contributed by atoms with E-state index in [0.29, 0.717) is 11.6 Å². The lowest BCUT2D eigenvalue weighted by atomic mass is 9.92. The summed E-state index contributed by atoms with van der Waals surface area (Å²) in [5, 5.41) is 21.9. The molecule has 1 aliphatic heterocycles. The van der Waals surface area contributed by atoms with E-state index in [2.05, 4.69) is 41.4 Å². The molecule has 164 valence electrons. The fourth-order valence-corrected chi connectivity index (χ4v) is 4.27. The van der Waals surface area contributed by atoms with Crippen LogP contribution in [-0.2, 0) is 9.53 Å². The van der Waals surface area contributed by atoms with Gasteiger partial charge >= 0.3 is 5.97 Å². The molecule has 1 fully saturated rings. The maximum atomic E-state index is 11.3. The van der Waals surface area contributed by atoms with Gasteiger partial charge in [-0.2, -0.15) is 5.26 Å². The minimum atomic E-state index is -0.782. The van der Waals surface area contributed by atoms with Crippen molar-refractivity contribution in [1.82, 2.24) is 0 Å². The van der Waals surface area contributed by atoms with Crippen LogP contribution >= 0.6 is 0 Å². The Kier molecular flexibility index (Phi) is 7.91. The van der Waals surface area contributed by atoms with E-state index in [4.69, 9.17) is 10.00 Å². The van der Waals surface area contributed by atoms with Crippen molar-refractivity contribution in [2.24, 2.45) is 0 Å². The van der Waals surface area contributed by atoms with E-state index < -0.39 is 5.97 Å². The number of hydrogen-bond acceptors (Lipinski definition) is 5. The SMILES string of the molecule is CCC(CC(=O)O)c1ccc(N(CC)C2CCOCC2)c(Nc2ccc(C#N)cc2)c1. The van der Waals surface area contributed by atoms with Crippen LogP contribution in [0.2, 0.25) is 0 Å². The number of carboxylic acids is 1. The van der Waals surface area contributed by atoms with Crippen molar-refractivity contribution in [3.05, 3.63) is 53.6 Å². The zero-order valence-electron chi connectivity index (χ0n) is 18.3. The Morgan fingerprint density at radius 2 is 1.94 bits per heavy atom. The van der Waals surface area contributed by atoms with Crippen molar-refractivity contribution in [2.45, 2.75) is 51.5 Å². The second-order valence-electron chi connectivity index (χ2n) is 7.92. The van der Waals surface area contributed by atoms with E-state index in [0.717, 1.165) is 61.6 Å². The second kappa shape index (κ2) is 10.8. The van der Waals surface area contributed by atoms with Gasteiger partial charge in [0, 0.05) is 31.5 Å². The van der Waals surface area contributed by atoms with Gasteiger partial charge in [0.1, 0.15) is 0 Å². The minimum absolute atomic E-state index is 0.0359. The Morgan fingerprint density at radius 3 is 2.52 bits per heavy atom. The first-order chi connectivity index (χ1) is 15.0. The van der Waals surface area contributed by atoms with Crippen molar-refractivity contribution in [3.8, 4) is 6.07 Å². The van der Waals surface area contributed by atoms with Gasteiger partial charge in [-0.1, -0.05) is 13.0 Å². The van der Waals surface area contributed by atoms with Crippen molar-refractivity contribution in [3.63, 3.8) is 0 Å². The fraction of sp³-hybridized carbons (Fsp3) is 0.440. The highest BCUT2D eigenvalue weighted by Crippen LogP contribution is 2.36. The molecule has 0 radical (unpaired) electrons. The molecule has 1 heterocycles. The molecule has 2 aromatic rings. The van der Waals surface area contributed by atoms with Gasteiger partial charge in [-0.25, -0.2) is 0 Å². The zero-order chi connectivity index (χ0) is 22.2. The number of rotatable bonds is 9. The topological polar surface area (TPSA) is 85.6 Å². The molecular formula is C25H31N3O3. The average molecular weight is 422 g/mol. The number of nitrogens with zero attached hydrogens (tertiary/aromatic N) is 2. The third-order valence-electron chi connectivity index (χ3n) is 5.98. The van der Waals surface area contributed by atoms with E-state index >= 15 is 0 Å². The Labute approximate surface area is 184 Å². The molecule has 6 heteroatoms. The van der Waals surface area contributed by atoms with Crippen LogP contribution in [0.4, 0.5) is 17.1 Å². The molecule has 0 saturated carbocycles. The first kappa shape index (κ1) is 22.6. The van der Waals surface area contributed by atoms with Crippen molar-refractivity contribution >= 4 is 23.0 Å². The summed E-state index contributed by atoms with van der Waals surface area (Å²) in [6.45, 7) is 6.60. The van der Waals surface area contributed by atoms with Crippen LogP contribution in [0.1, 0.15) is 56.6 Å². The Bertz CT molecular complexity index is 915. The van der Waals surface area contributed by atoms with Gasteiger partial charge < -0.3 is 20.1 Å². The molecule has 31 heavy (non-hydrogen) atoms. The van der Waals surface area contributed by atoms with E-state index in [1.807, 2.05) is 19.1 Å². The summed E-state index contributed by atoms with van der Waals surface area (Å²) in [7, 11) is 0. The van der Waals surface area contributed by atoms with Crippen LogP contribution in [0, 0.1) is 11.3 Å². The van der Waals surface area contributed by atoms with Gasteiger partial charge in [-0.3, -0.25) is 4.79 Å². The van der Waals surface area contributed by atoms with Crippen molar-refractivity contribution < 1.29 is 14.6 Å². The van der Waals surface area contributed by atoms with Crippen molar-refractivity contribution in [2.75, 3.05) is 30.0 Å². The molecule has 1 saturated heterocycles. The molecule has 2 N–H and O–H groups in total. The maximum Gasteiger partial charge on any atom is 0.303 e. The Hall–Kier alpha value is -3.04. The third-order valence-corrected chi connectivity index (χ3v) is 5.98. The largest absolute Gasteiger partial charge is 0.481 e. The first-order valence-corrected chi connectivity index (χ1v) is 11.0. The molecule has 1 atom stereocenters. The molecule has 0 amide bonds. The summed E-state index contributed by atoms with van der Waals surface area (Å²) in [4.78, 5) is 13.8. The summed E-state index contributed by atoms with van der Waals surface area (Å²) < 4.78 is 5.56. The standard InChI is InChI=1S/C25H31N3O3/c1-3-19(16-25(29)30)20-7-10-24(28(4-2)22-11-13-31-14-12-22)23(15-20)27-21-8-5-18(17-26)6-9-21/h5-10,15,19,22,27H,3-4,11-14,16H2,1-2H3,(H,29,30). The van der Waals surface area contributed by atoms with Gasteiger partial charge in [-0.05, 0) is 74.1 Å². The molecule has 0 aliphatic carbocycles. The molecule has 2 aromatic carbocycles. The zero-order valence-corrected chi connectivity index (χ0v) is 18.3. The number of ether oxygens (including phenoxy) is 1. The first-order valence-electron chi connectivity index (χ1n) is 11.0. The molecule has 0 spiro atoms. The number of nitriles is 1. The second-order valence-corrected chi connectivity index (χ2v) is 7.92. The monoisotopic (exact) mass is 421 g/mol. The maximum absolute atomic E-state index is 11.3. The summed E-state index contributed by atoms with van der Waals surface area (Å²) in [6.07, 6.45) is 2.86. The van der Waals surface area contributed by atoms with Gasteiger partial charge in [0.15, 0.2) is 0 Å². The third kappa shape index (κ3) is 5.77. The van der Waals surface area contributed by atoms with Crippen LogP contribution in [0.5, 0.6) is 0 Å². The summed E-state index contributed by atoms with van der Waals surface area (Å²) in [5.74, 6) is -0.818. The van der Waals surface area contributed by atoms with E-state index in [1.54, 1.807) is 12.1 Å². The van der Waals surface area contributed by atoms with Gasteiger partial charge in [0.05, 0.1) is 29.4 Å². The number of benzene rings is 2. The predicted octanol–water partition coefficient (Wildman–Crippen LogP) is 5.28. The lowest BCUT2D eigenvalue weighted by molar-refractivity contribution is -0.137. The van der Waals surface area contributed by atoms with Crippen LogP contribution in [0.15, 0.2) is 42.5 Å². The lowest BCUT2D eigenvalue weighted by Crippen LogP contribution is -2.39. The van der Waals surface area contributed by atoms with Gasteiger partial charge in [0.25, 0.3) is 0 Å². The molecule has 0 bridgehead atoms. The van der Waals surface area contributed by atoms with Crippen LogP contribution in [-0.4, -0.2) is 36.9 Å². The predicted molar refractivity (Wildman–Crippen MR) is 123 cm³/mol. The normalized spacial score (nSPS) is 15.1. The van der Waals surface area contributed by atoms with E-state index in [9.17, 15) is 9.90 Å². The number of nitrogens with one attached hydrogen (secondary N) is 1. The molecule has 3 rings (SSSR count). The quantitative estimate of drug-likeness (QED) is 0.573. The van der Waals surface area contributed by atoms with Crippen LogP contribution < -0.4 is 10.2 Å². The number of anilines is 3. The Balaban J connectivity index is 1.99. The summed E-state index contributed by atoms with van der Waals surface area (Å²) in [6, 6.07) is 16.2. The molecule has 1 aliphatic rings. The van der Waals surface area contributed by atoms with Gasteiger partial charge in [0.2, 0.25) is 0 Å². The lowest BCUT2D eigenvalue weighted by Gasteiger charge is -2.37. The highest BCUT2D eigenvalue weighted by atomic mass is 16.5. The molecular weight excluding hydrogens is 390 g/mol. The highest BCUT2D eigenvalue weighted by Gasteiger charge is 2.24. The van der Waals surface area contributed by atoms with Crippen LogP contribution in [0.3, 0.4) is 0 Å². The smallest absolute Gasteiger partial charge is 0.303 e. The van der Waals surface area contributed by atoms with Crippen molar-refractivity contribution in [1.29, 1.82) is 5.26 Å². The number of hydrogen-bond donors (Lipinski definition) is 2. The molecule has 0 aromatic heterocycles. The number of carbonyl (C=O) groups is 1. The summed E-state index contributed by atoms with van der Waals surface area (Å²) in [5.41, 5.74) is 4.59. The van der Waals surface area contributed by atoms with E-state index in [1.165, 1.54) is 0 Å². The average Bonchev–Trinajstić information content (AvgIpc) is 2.80. The van der Waals surface area contributed by atoms with Crippen LogP contribution in [0.25, 0.3) is 0 Å². The molecule has 6 nitrogen and oxygen atoms in total. The van der Waals surface area contributed by atoms with E-state index in [-0.39, 0.29) is 12.3 Å². The van der Waals surface area contributed by atoms with Gasteiger partial charge in [-0.15, -0.1) is 0 Å². The number of carboxylic acid groups (broad SMARTS) is 1. The minimum Gasteiger partial charge on any atom is -0.481 e.